The number of nitrogens with one attached hydrogen (secondary N) is 1. The van der Waals surface area contributed by atoms with Gasteiger partial charge in [0.15, 0.2) is 0 Å². The Morgan fingerprint density at radius 2 is 1.40 bits per heavy atom. The van der Waals surface area contributed by atoms with Crippen LogP contribution in [0.15, 0.2) is 0 Å². The zero-order chi connectivity index (χ0) is 14.9. The fourth-order valence-corrected chi connectivity index (χ4v) is 2.31. The molecular formula is C17H35NO2. The molecule has 0 spiro atoms. The predicted octanol–water partition coefficient (Wildman–Crippen LogP) is 4.45. The van der Waals surface area contributed by atoms with Gasteiger partial charge in [0.25, 0.3) is 0 Å². The van der Waals surface area contributed by atoms with Gasteiger partial charge < -0.3 is 10.1 Å². The Morgan fingerprint density at radius 3 is 1.95 bits per heavy atom. The van der Waals surface area contributed by atoms with E-state index in [4.69, 9.17) is 4.74 Å². The summed E-state index contributed by atoms with van der Waals surface area (Å²) in [5.41, 5.74) is 0. The second-order valence-corrected chi connectivity index (χ2v) is 5.63. The average Bonchev–Trinajstić information content (AvgIpc) is 2.45. The van der Waals surface area contributed by atoms with Crippen molar-refractivity contribution in [2.45, 2.75) is 84.0 Å². The summed E-state index contributed by atoms with van der Waals surface area (Å²) in [6, 6.07) is 0. The largest absolute Gasteiger partial charge is 0.385 e. The van der Waals surface area contributed by atoms with Gasteiger partial charge in [0, 0.05) is 26.7 Å². The molecule has 0 fully saturated rings. The third-order valence-corrected chi connectivity index (χ3v) is 3.60. The van der Waals surface area contributed by atoms with Gasteiger partial charge in [-0.3, -0.25) is 4.79 Å². The molecule has 0 bridgehead atoms. The van der Waals surface area contributed by atoms with Gasteiger partial charge in [0.1, 0.15) is 0 Å². The molecule has 0 aromatic rings. The van der Waals surface area contributed by atoms with Crippen LogP contribution in [-0.4, -0.2) is 26.2 Å². The lowest BCUT2D eigenvalue weighted by molar-refractivity contribution is -0.121. The Balaban J connectivity index is 3.07. The van der Waals surface area contributed by atoms with Crippen molar-refractivity contribution in [2.24, 2.45) is 0 Å². The van der Waals surface area contributed by atoms with Gasteiger partial charge in [-0.15, -0.1) is 0 Å². The summed E-state index contributed by atoms with van der Waals surface area (Å²) in [4.78, 5) is 11.4. The van der Waals surface area contributed by atoms with Crippen molar-refractivity contribution in [1.82, 2.24) is 5.32 Å². The summed E-state index contributed by atoms with van der Waals surface area (Å²) in [5.74, 6) is 0.165. The monoisotopic (exact) mass is 285 g/mol. The first kappa shape index (κ1) is 19.4. The molecule has 0 aliphatic carbocycles. The molecule has 0 rings (SSSR count). The van der Waals surface area contributed by atoms with Crippen molar-refractivity contribution in [3.05, 3.63) is 0 Å². The maximum Gasteiger partial charge on any atom is 0.220 e. The van der Waals surface area contributed by atoms with Gasteiger partial charge in [-0.2, -0.15) is 0 Å². The Kier molecular flexibility index (Phi) is 16.0. The van der Waals surface area contributed by atoms with Crippen LogP contribution in [0.4, 0.5) is 0 Å². The van der Waals surface area contributed by atoms with Crippen molar-refractivity contribution in [3.63, 3.8) is 0 Å². The van der Waals surface area contributed by atoms with Gasteiger partial charge in [0.05, 0.1) is 0 Å². The van der Waals surface area contributed by atoms with Crippen LogP contribution in [0.1, 0.15) is 84.0 Å². The van der Waals surface area contributed by atoms with E-state index in [2.05, 4.69) is 12.2 Å². The molecule has 0 radical (unpaired) electrons. The topological polar surface area (TPSA) is 38.3 Å². The fourth-order valence-electron chi connectivity index (χ4n) is 2.31. The highest BCUT2D eigenvalue weighted by molar-refractivity contribution is 5.75. The minimum absolute atomic E-state index is 0.165. The third-order valence-electron chi connectivity index (χ3n) is 3.60. The quantitative estimate of drug-likeness (QED) is 0.451. The number of carbonyl (C=O) groups is 1. The first-order valence-corrected chi connectivity index (χ1v) is 8.57. The van der Waals surface area contributed by atoms with E-state index in [1.807, 2.05) is 0 Å². The molecular weight excluding hydrogens is 250 g/mol. The molecule has 0 saturated heterocycles. The average molecular weight is 285 g/mol. The van der Waals surface area contributed by atoms with Crippen molar-refractivity contribution in [1.29, 1.82) is 0 Å². The van der Waals surface area contributed by atoms with Crippen LogP contribution in [0.25, 0.3) is 0 Å². The normalized spacial score (nSPS) is 10.7. The Morgan fingerprint density at radius 1 is 0.850 bits per heavy atom. The number of hydrogen-bond acceptors (Lipinski definition) is 2. The van der Waals surface area contributed by atoms with E-state index < -0.39 is 0 Å². The van der Waals surface area contributed by atoms with Crippen LogP contribution in [-0.2, 0) is 9.53 Å². The van der Waals surface area contributed by atoms with E-state index in [0.29, 0.717) is 13.0 Å². The maximum atomic E-state index is 11.4. The molecule has 1 N–H and O–H groups in total. The number of unbranched alkanes of at least 4 members (excludes halogenated alkanes) is 9. The van der Waals surface area contributed by atoms with Crippen molar-refractivity contribution < 1.29 is 9.53 Å². The lowest BCUT2D eigenvalue weighted by Gasteiger charge is -2.05. The molecule has 0 aliphatic rings. The summed E-state index contributed by atoms with van der Waals surface area (Å²) in [7, 11) is 1.67. The minimum atomic E-state index is 0.165. The minimum Gasteiger partial charge on any atom is -0.385 e. The second-order valence-electron chi connectivity index (χ2n) is 5.63. The van der Waals surface area contributed by atoms with E-state index >= 15 is 0 Å². The molecule has 0 saturated carbocycles. The molecule has 0 unspecified atom stereocenters. The zero-order valence-electron chi connectivity index (χ0n) is 13.7. The number of rotatable bonds is 15. The molecule has 0 atom stereocenters. The lowest BCUT2D eigenvalue weighted by Crippen LogP contribution is -2.24. The second kappa shape index (κ2) is 16.5. The molecule has 0 heterocycles. The van der Waals surface area contributed by atoms with Crippen molar-refractivity contribution >= 4 is 5.91 Å². The number of amides is 1. The molecule has 0 aliphatic heterocycles. The summed E-state index contributed by atoms with van der Waals surface area (Å²) in [6.07, 6.45) is 14.8. The maximum absolute atomic E-state index is 11.4. The van der Waals surface area contributed by atoms with E-state index in [-0.39, 0.29) is 5.91 Å². The highest BCUT2D eigenvalue weighted by atomic mass is 16.5. The van der Waals surface area contributed by atoms with E-state index in [0.717, 1.165) is 19.4 Å². The van der Waals surface area contributed by atoms with Crippen LogP contribution >= 0.6 is 0 Å². The van der Waals surface area contributed by atoms with E-state index in [1.54, 1.807) is 7.11 Å². The molecule has 1 amide bonds. The van der Waals surface area contributed by atoms with Crippen LogP contribution in [0.5, 0.6) is 0 Å². The summed E-state index contributed by atoms with van der Waals surface area (Å²) < 4.78 is 4.92. The van der Waals surface area contributed by atoms with Gasteiger partial charge in [-0.25, -0.2) is 0 Å². The predicted molar refractivity (Wildman–Crippen MR) is 86.0 cm³/mol. The Labute approximate surface area is 125 Å². The smallest absolute Gasteiger partial charge is 0.220 e. The highest BCUT2D eigenvalue weighted by Gasteiger charge is 1.99. The van der Waals surface area contributed by atoms with Crippen LogP contribution in [0, 0.1) is 0 Å². The van der Waals surface area contributed by atoms with Crippen LogP contribution in [0.2, 0.25) is 0 Å². The van der Waals surface area contributed by atoms with Gasteiger partial charge >= 0.3 is 0 Å². The first-order chi connectivity index (χ1) is 9.81. The van der Waals surface area contributed by atoms with E-state index in [1.165, 1.54) is 57.8 Å². The molecule has 120 valence electrons. The van der Waals surface area contributed by atoms with Crippen LogP contribution < -0.4 is 5.32 Å². The first-order valence-electron chi connectivity index (χ1n) is 8.57. The van der Waals surface area contributed by atoms with Crippen molar-refractivity contribution in [2.75, 3.05) is 20.3 Å². The summed E-state index contributed by atoms with van der Waals surface area (Å²) in [5, 5.41) is 2.97. The SMILES string of the molecule is CCCCCCCCCCCCNC(=O)CCCOC. The van der Waals surface area contributed by atoms with Crippen LogP contribution in [0.3, 0.4) is 0 Å². The van der Waals surface area contributed by atoms with Gasteiger partial charge in [-0.1, -0.05) is 64.7 Å². The number of methoxy groups -OCH3 is 1. The Bertz CT molecular complexity index is 207. The lowest BCUT2D eigenvalue weighted by atomic mass is 10.1. The van der Waals surface area contributed by atoms with Crippen molar-refractivity contribution in [3.8, 4) is 0 Å². The highest BCUT2D eigenvalue weighted by Crippen LogP contribution is 2.10. The number of carbonyl (C=O) groups excluding carboxylic acids is 1. The Hall–Kier alpha value is -0.570. The fraction of sp³-hybridized carbons (Fsp3) is 0.941. The molecule has 3 heteroatoms. The van der Waals surface area contributed by atoms with Gasteiger partial charge in [-0.05, 0) is 12.8 Å². The van der Waals surface area contributed by atoms with Gasteiger partial charge in [0.2, 0.25) is 5.91 Å². The summed E-state index contributed by atoms with van der Waals surface area (Å²) in [6.45, 7) is 3.77. The number of hydrogen-bond donors (Lipinski definition) is 1. The molecule has 0 aromatic heterocycles. The zero-order valence-corrected chi connectivity index (χ0v) is 13.7. The molecule has 0 aromatic carbocycles. The number of ether oxygens (including phenoxy) is 1. The molecule has 20 heavy (non-hydrogen) atoms. The van der Waals surface area contributed by atoms with E-state index in [9.17, 15) is 4.79 Å². The summed E-state index contributed by atoms with van der Waals surface area (Å²) >= 11 is 0. The third kappa shape index (κ3) is 15.5. The standard InChI is InChI=1S/C17H35NO2/c1-3-4-5-6-7-8-9-10-11-12-15-18-17(19)14-13-16-20-2/h3-16H2,1-2H3,(H,18,19). The molecule has 3 nitrogen and oxygen atoms in total.